The Morgan fingerprint density at radius 2 is 2.00 bits per heavy atom. The van der Waals surface area contributed by atoms with E-state index in [-0.39, 0.29) is 0 Å². The molecule has 1 heterocycles. The number of anilines is 1. The molecule has 0 aliphatic heterocycles. The highest BCUT2D eigenvalue weighted by Gasteiger charge is 2.03. The summed E-state index contributed by atoms with van der Waals surface area (Å²) in [6, 6.07) is 10.2. The number of benzene rings is 1. The maximum absolute atomic E-state index is 4.37. The number of aryl methyl sites for hydroxylation is 1. The molecule has 0 unspecified atom stereocenters. The minimum atomic E-state index is 0.754. The van der Waals surface area contributed by atoms with Crippen molar-refractivity contribution in [1.82, 2.24) is 4.98 Å². The fourth-order valence-electron chi connectivity index (χ4n) is 1.68. The van der Waals surface area contributed by atoms with Gasteiger partial charge in [-0.3, -0.25) is 4.98 Å². The van der Waals surface area contributed by atoms with Gasteiger partial charge < -0.3 is 5.32 Å². The summed E-state index contributed by atoms with van der Waals surface area (Å²) in [5, 5.41) is 3.42. The molecule has 3 heteroatoms. The molecule has 0 radical (unpaired) electrons. The summed E-state index contributed by atoms with van der Waals surface area (Å²) >= 11 is 3.53. The van der Waals surface area contributed by atoms with Crippen molar-refractivity contribution in [3.63, 3.8) is 0 Å². The van der Waals surface area contributed by atoms with Crippen LogP contribution in [-0.4, -0.2) is 4.98 Å². The van der Waals surface area contributed by atoms with Crippen LogP contribution in [0.4, 0.5) is 5.69 Å². The summed E-state index contributed by atoms with van der Waals surface area (Å²) in [5.41, 5.74) is 4.67. The van der Waals surface area contributed by atoms with Crippen LogP contribution in [0.25, 0.3) is 0 Å². The van der Waals surface area contributed by atoms with Crippen LogP contribution in [-0.2, 0) is 6.54 Å². The summed E-state index contributed by atoms with van der Waals surface area (Å²) < 4.78 is 1.13. The summed E-state index contributed by atoms with van der Waals surface area (Å²) in [4.78, 5) is 4.37. The maximum Gasteiger partial charge on any atom is 0.0623 e. The lowest BCUT2D eigenvalue weighted by Crippen LogP contribution is -2.04. The molecule has 0 aliphatic rings. The van der Waals surface area contributed by atoms with E-state index in [4.69, 9.17) is 0 Å². The summed E-state index contributed by atoms with van der Waals surface area (Å²) in [6.45, 7) is 4.93. The van der Waals surface area contributed by atoms with Gasteiger partial charge in [0.05, 0.1) is 12.2 Å². The second kappa shape index (κ2) is 5.32. The van der Waals surface area contributed by atoms with Gasteiger partial charge in [-0.25, -0.2) is 0 Å². The first-order valence-electron chi connectivity index (χ1n) is 5.58. The Morgan fingerprint density at radius 3 is 2.76 bits per heavy atom. The highest BCUT2D eigenvalue weighted by Crippen LogP contribution is 2.23. The average molecular weight is 291 g/mol. The molecule has 2 rings (SSSR count). The Hall–Kier alpha value is -1.35. The highest BCUT2D eigenvalue weighted by molar-refractivity contribution is 9.10. The fraction of sp³-hybridized carbons (Fsp3) is 0.214. The Balaban J connectivity index is 2.13. The van der Waals surface area contributed by atoms with Gasteiger partial charge in [-0.05, 0) is 43.2 Å². The van der Waals surface area contributed by atoms with Gasteiger partial charge in [-0.1, -0.05) is 28.1 Å². The van der Waals surface area contributed by atoms with E-state index < -0.39 is 0 Å². The van der Waals surface area contributed by atoms with Crippen LogP contribution in [0, 0.1) is 13.8 Å². The van der Waals surface area contributed by atoms with Crippen molar-refractivity contribution in [2.75, 3.05) is 5.32 Å². The number of hydrogen-bond donors (Lipinski definition) is 1. The van der Waals surface area contributed by atoms with Crippen molar-refractivity contribution in [2.45, 2.75) is 20.4 Å². The molecule has 0 aliphatic carbocycles. The lowest BCUT2D eigenvalue weighted by molar-refractivity contribution is 1.01. The second-order valence-corrected chi connectivity index (χ2v) is 4.89. The number of aromatic nitrogens is 1. The van der Waals surface area contributed by atoms with Crippen molar-refractivity contribution < 1.29 is 0 Å². The van der Waals surface area contributed by atoms with E-state index in [9.17, 15) is 0 Å². The van der Waals surface area contributed by atoms with Crippen LogP contribution >= 0.6 is 15.9 Å². The molecule has 0 saturated carbocycles. The van der Waals surface area contributed by atoms with Crippen molar-refractivity contribution in [3.8, 4) is 0 Å². The van der Waals surface area contributed by atoms with Crippen molar-refractivity contribution in [2.24, 2.45) is 0 Å². The normalized spacial score (nSPS) is 10.3. The van der Waals surface area contributed by atoms with Gasteiger partial charge in [0, 0.05) is 16.4 Å². The first-order valence-corrected chi connectivity index (χ1v) is 6.37. The molecular formula is C14H15BrN2. The van der Waals surface area contributed by atoms with Gasteiger partial charge in [-0.15, -0.1) is 0 Å². The zero-order valence-electron chi connectivity index (χ0n) is 10.00. The standard InChI is InChI=1S/C14H15BrN2/c1-10-5-4-8-16-14(10)9-17-13-7-3-6-12(15)11(13)2/h3-8,17H,9H2,1-2H3. The third kappa shape index (κ3) is 2.86. The molecule has 2 aromatic rings. The molecule has 88 valence electrons. The Bertz CT molecular complexity index is 523. The van der Waals surface area contributed by atoms with Gasteiger partial charge in [0.2, 0.25) is 0 Å². The Morgan fingerprint density at radius 1 is 1.18 bits per heavy atom. The van der Waals surface area contributed by atoms with Crippen LogP contribution in [0.2, 0.25) is 0 Å². The van der Waals surface area contributed by atoms with Gasteiger partial charge in [0.25, 0.3) is 0 Å². The maximum atomic E-state index is 4.37. The number of nitrogens with zero attached hydrogens (tertiary/aromatic N) is 1. The second-order valence-electron chi connectivity index (χ2n) is 4.03. The molecule has 17 heavy (non-hydrogen) atoms. The monoisotopic (exact) mass is 290 g/mol. The quantitative estimate of drug-likeness (QED) is 0.922. The van der Waals surface area contributed by atoms with E-state index in [1.54, 1.807) is 0 Å². The van der Waals surface area contributed by atoms with Gasteiger partial charge in [-0.2, -0.15) is 0 Å². The van der Waals surface area contributed by atoms with E-state index in [1.807, 2.05) is 24.4 Å². The van der Waals surface area contributed by atoms with E-state index in [2.05, 4.69) is 52.2 Å². The number of nitrogens with one attached hydrogen (secondary N) is 1. The summed E-state index contributed by atoms with van der Waals surface area (Å²) in [5.74, 6) is 0. The van der Waals surface area contributed by atoms with E-state index >= 15 is 0 Å². The van der Waals surface area contributed by atoms with Gasteiger partial charge in [0.1, 0.15) is 0 Å². The zero-order valence-corrected chi connectivity index (χ0v) is 11.6. The molecule has 0 spiro atoms. The summed E-state index contributed by atoms with van der Waals surface area (Å²) in [6.07, 6.45) is 1.83. The van der Waals surface area contributed by atoms with Crippen LogP contribution in [0.5, 0.6) is 0 Å². The largest absolute Gasteiger partial charge is 0.379 e. The molecule has 1 aromatic carbocycles. The SMILES string of the molecule is Cc1cccnc1CNc1cccc(Br)c1C. The average Bonchev–Trinajstić information content (AvgIpc) is 2.33. The first kappa shape index (κ1) is 12.1. The van der Waals surface area contributed by atoms with Gasteiger partial charge >= 0.3 is 0 Å². The Labute approximate surface area is 110 Å². The molecule has 1 N–H and O–H groups in total. The minimum Gasteiger partial charge on any atom is -0.379 e. The van der Waals surface area contributed by atoms with Crippen molar-refractivity contribution in [1.29, 1.82) is 0 Å². The number of pyridine rings is 1. The lowest BCUT2D eigenvalue weighted by Gasteiger charge is -2.11. The third-order valence-electron chi connectivity index (χ3n) is 2.83. The number of rotatable bonds is 3. The lowest BCUT2D eigenvalue weighted by atomic mass is 10.2. The molecule has 2 nitrogen and oxygen atoms in total. The molecular weight excluding hydrogens is 276 g/mol. The molecule has 0 atom stereocenters. The fourth-order valence-corrected chi connectivity index (χ4v) is 2.05. The predicted molar refractivity (Wildman–Crippen MR) is 75.2 cm³/mol. The molecule has 0 amide bonds. The van der Waals surface area contributed by atoms with Crippen LogP contribution in [0.1, 0.15) is 16.8 Å². The summed E-state index contributed by atoms with van der Waals surface area (Å²) in [7, 11) is 0. The molecule has 0 saturated heterocycles. The van der Waals surface area contributed by atoms with Crippen molar-refractivity contribution >= 4 is 21.6 Å². The third-order valence-corrected chi connectivity index (χ3v) is 3.69. The van der Waals surface area contributed by atoms with E-state index in [1.165, 1.54) is 11.1 Å². The van der Waals surface area contributed by atoms with Crippen LogP contribution in [0.15, 0.2) is 41.0 Å². The topological polar surface area (TPSA) is 24.9 Å². The minimum absolute atomic E-state index is 0.754. The Kier molecular flexibility index (Phi) is 3.79. The zero-order chi connectivity index (χ0) is 12.3. The van der Waals surface area contributed by atoms with Crippen LogP contribution < -0.4 is 5.32 Å². The van der Waals surface area contributed by atoms with E-state index in [0.717, 1.165) is 22.4 Å². The first-order chi connectivity index (χ1) is 8.18. The smallest absolute Gasteiger partial charge is 0.0623 e. The molecule has 1 aromatic heterocycles. The van der Waals surface area contributed by atoms with Crippen LogP contribution in [0.3, 0.4) is 0 Å². The van der Waals surface area contributed by atoms with E-state index in [0.29, 0.717) is 0 Å². The highest BCUT2D eigenvalue weighted by atomic mass is 79.9. The number of hydrogen-bond acceptors (Lipinski definition) is 2. The van der Waals surface area contributed by atoms with Gasteiger partial charge in [0.15, 0.2) is 0 Å². The predicted octanol–water partition coefficient (Wildman–Crippen LogP) is 4.07. The number of halogens is 1. The molecule has 0 fully saturated rings. The van der Waals surface area contributed by atoms with Crippen molar-refractivity contribution in [3.05, 3.63) is 57.8 Å². The molecule has 0 bridgehead atoms.